The first-order chi connectivity index (χ1) is 23.1. The third-order valence-electron chi connectivity index (χ3n) is 11.3. The van der Waals surface area contributed by atoms with Crippen molar-refractivity contribution in [2.75, 3.05) is 49.9 Å². The largest absolute Gasteiger partial charge is 0.478 e. The van der Waals surface area contributed by atoms with E-state index in [2.05, 4.69) is 16.7 Å². The Balaban J connectivity index is 1.04. The molecular formula is C36H36Cl2FN3O6. The zero-order chi connectivity index (χ0) is 33.5. The first kappa shape index (κ1) is 31.7. The normalized spacial score (nSPS) is 25.3. The number of morpholine rings is 1. The van der Waals surface area contributed by atoms with Gasteiger partial charge in [0.15, 0.2) is 6.73 Å². The van der Waals surface area contributed by atoms with Gasteiger partial charge in [-0.05, 0) is 49.4 Å². The number of fused-ring (bicyclic) bond motifs is 3. The minimum absolute atomic E-state index is 0.0334. The summed E-state index contributed by atoms with van der Waals surface area (Å²) in [4.78, 5) is 31.9. The Kier molecular flexibility index (Phi) is 7.78. The number of rotatable bonds is 6. The summed E-state index contributed by atoms with van der Waals surface area (Å²) in [5, 5.41) is 10.5. The molecule has 3 saturated heterocycles. The number of methoxy groups -OCH3 is 1. The average molecular weight is 697 g/mol. The van der Waals surface area contributed by atoms with Gasteiger partial charge in [0.2, 0.25) is 0 Å². The summed E-state index contributed by atoms with van der Waals surface area (Å²) in [5.41, 5.74) is 3.13. The molecule has 2 unspecified atom stereocenters. The molecule has 9 nitrogen and oxygen atoms in total. The Labute approximate surface area is 288 Å². The van der Waals surface area contributed by atoms with Gasteiger partial charge in [0.05, 0.1) is 64.8 Å². The first-order valence-corrected chi connectivity index (χ1v) is 17.1. The molecule has 3 aromatic rings. The van der Waals surface area contributed by atoms with Crippen LogP contribution >= 0.6 is 23.2 Å². The molecule has 1 spiro atoms. The van der Waals surface area contributed by atoms with Gasteiger partial charge in [-0.15, -0.1) is 0 Å². The maximum Gasteiger partial charge on any atom is 0.337 e. The van der Waals surface area contributed by atoms with Crippen molar-refractivity contribution in [3.05, 3.63) is 75.0 Å². The topological polar surface area (TPSA) is 91.8 Å². The predicted octanol–water partition coefficient (Wildman–Crippen LogP) is 6.72. The molecule has 1 amide bonds. The molecule has 4 aliphatic heterocycles. The number of carbonyl (C=O) groups excluding carboxylic acids is 1. The Hall–Kier alpha value is -3.57. The number of carboxylic acids is 1. The van der Waals surface area contributed by atoms with Gasteiger partial charge in [-0.2, -0.15) is 0 Å². The van der Waals surface area contributed by atoms with E-state index in [-0.39, 0.29) is 63.4 Å². The molecule has 4 heterocycles. The van der Waals surface area contributed by atoms with Gasteiger partial charge >= 0.3 is 5.97 Å². The van der Waals surface area contributed by atoms with Crippen LogP contribution in [0, 0.1) is 17.2 Å². The number of carbonyl (C=O) groups is 2. The minimum atomic E-state index is -1.19. The Morgan fingerprint density at radius 3 is 2.40 bits per heavy atom. The zero-order valence-electron chi connectivity index (χ0n) is 26.7. The summed E-state index contributed by atoms with van der Waals surface area (Å²) in [7, 11) is 1.76. The minimum Gasteiger partial charge on any atom is -0.478 e. The fraction of sp³-hybridized carbons (Fsp3) is 0.444. The highest BCUT2D eigenvalue weighted by Gasteiger charge is 2.58. The van der Waals surface area contributed by atoms with Crippen molar-refractivity contribution in [1.29, 1.82) is 0 Å². The number of halogens is 3. The maximum absolute atomic E-state index is 15.7. The Morgan fingerprint density at radius 2 is 1.75 bits per heavy atom. The summed E-state index contributed by atoms with van der Waals surface area (Å²) in [6, 6.07) is 11.7. The number of benzene rings is 3. The summed E-state index contributed by atoms with van der Waals surface area (Å²) in [5.74, 6) is -1.29. The molecule has 4 atom stereocenters. The second kappa shape index (κ2) is 11.8. The van der Waals surface area contributed by atoms with E-state index in [4.69, 9.17) is 37.4 Å². The molecule has 3 aromatic carbocycles. The monoisotopic (exact) mass is 695 g/mol. The highest BCUT2D eigenvalue weighted by Crippen LogP contribution is 2.55. The van der Waals surface area contributed by atoms with Crippen molar-refractivity contribution in [1.82, 2.24) is 4.90 Å². The lowest BCUT2D eigenvalue weighted by Crippen LogP contribution is -2.69. The molecule has 48 heavy (non-hydrogen) atoms. The van der Waals surface area contributed by atoms with E-state index >= 15 is 4.39 Å². The quantitative estimate of drug-likeness (QED) is 0.304. The van der Waals surface area contributed by atoms with Crippen LogP contribution in [0.25, 0.3) is 11.1 Å². The fourth-order valence-corrected chi connectivity index (χ4v) is 9.13. The van der Waals surface area contributed by atoms with Crippen molar-refractivity contribution in [2.45, 2.75) is 50.9 Å². The molecule has 12 heteroatoms. The van der Waals surface area contributed by atoms with Crippen LogP contribution in [-0.2, 0) is 16.0 Å². The number of hydrogen-bond donors (Lipinski definition) is 1. The molecule has 0 aromatic heterocycles. The van der Waals surface area contributed by atoms with Crippen molar-refractivity contribution in [3.63, 3.8) is 0 Å². The molecule has 1 N–H and O–H groups in total. The smallest absolute Gasteiger partial charge is 0.337 e. The number of nitrogens with zero attached hydrogens (tertiary/aromatic N) is 3. The van der Waals surface area contributed by atoms with Crippen molar-refractivity contribution < 1.29 is 33.3 Å². The van der Waals surface area contributed by atoms with E-state index in [1.807, 2.05) is 6.07 Å². The van der Waals surface area contributed by atoms with Crippen LogP contribution in [0.2, 0.25) is 10.0 Å². The third kappa shape index (κ3) is 4.94. The van der Waals surface area contributed by atoms with E-state index in [1.54, 1.807) is 37.4 Å². The number of amides is 1. The van der Waals surface area contributed by atoms with Gasteiger partial charge in [0, 0.05) is 48.0 Å². The molecular weight excluding hydrogens is 660 g/mol. The molecule has 4 fully saturated rings. The van der Waals surface area contributed by atoms with Gasteiger partial charge in [0.25, 0.3) is 5.91 Å². The van der Waals surface area contributed by atoms with Crippen LogP contribution in [0.15, 0.2) is 42.5 Å². The molecule has 1 aliphatic carbocycles. The van der Waals surface area contributed by atoms with Crippen molar-refractivity contribution >= 4 is 46.5 Å². The molecule has 0 radical (unpaired) electrons. The number of hydrogen-bond acceptors (Lipinski definition) is 7. The first-order valence-electron chi connectivity index (χ1n) is 16.3. The maximum atomic E-state index is 15.7. The highest BCUT2D eigenvalue weighted by atomic mass is 35.5. The van der Waals surface area contributed by atoms with E-state index in [0.29, 0.717) is 47.8 Å². The molecule has 2 bridgehead atoms. The summed E-state index contributed by atoms with van der Waals surface area (Å²) < 4.78 is 33.1. The summed E-state index contributed by atoms with van der Waals surface area (Å²) >= 11 is 13.4. The molecule has 1 saturated carbocycles. The van der Waals surface area contributed by atoms with Crippen LogP contribution < -0.4 is 14.5 Å². The summed E-state index contributed by atoms with van der Waals surface area (Å²) in [6.07, 6.45) is 3.10. The van der Waals surface area contributed by atoms with E-state index < -0.39 is 11.8 Å². The third-order valence-corrected chi connectivity index (χ3v) is 11.9. The van der Waals surface area contributed by atoms with Crippen LogP contribution in [0.4, 0.5) is 15.8 Å². The second-order valence-electron chi connectivity index (χ2n) is 13.8. The lowest BCUT2D eigenvalue weighted by molar-refractivity contribution is -0.132. The van der Waals surface area contributed by atoms with Crippen LogP contribution in [-0.4, -0.2) is 80.2 Å². The van der Waals surface area contributed by atoms with Crippen LogP contribution in [0.3, 0.4) is 0 Å². The average Bonchev–Trinajstić information content (AvgIpc) is 3.29. The molecule has 252 valence electrons. The van der Waals surface area contributed by atoms with Crippen LogP contribution in [0.5, 0.6) is 5.75 Å². The highest BCUT2D eigenvalue weighted by molar-refractivity contribution is 6.40. The second-order valence-corrected chi connectivity index (χ2v) is 14.6. The van der Waals surface area contributed by atoms with Gasteiger partial charge < -0.3 is 34.0 Å². The SMILES string of the molecule is CO[C@@H]1CC2(CN(c3cc(Cl)c(C(=O)N4COc5c(cccc5-c5cc(N6C7CCC6COC7)c(C(=O)O)cc5F)C4)c(Cl)c3)C2)[C@@H]1C. The van der Waals surface area contributed by atoms with Crippen molar-refractivity contribution in [3.8, 4) is 16.9 Å². The molecule has 8 rings (SSSR count). The predicted molar refractivity (Wildman–Crippen MR) is 180 cm³/mol. The number of ether oxygens (including phenoxy) is 3. The van der Waals surface area contributed by atoms with Crippen molar-refractivity contribution in [2.24, 2.45) is 11.3 Å². The van der Waals surface area contributed by atoms with E-state index in [9.17, 15) is 14.7 Å². The fourth-order valence-electron chi connectivity index (χ4n) is 8.49. The number of para-hydroxylation sites is 1. The van der Waals surface area contributed by atoms with Crippen LogP contribution in [0.1, 0.15) is 52.5 Å². The van der Waals surface area contributed by atoms with Gasteiger partial charge in [-0.1, -0.05) is 48.3 Å². The van der Waals surface area contributed by atoms with Gasteiger partial charge in [-0.3, -0.25) is 4.79 Å². The lowest BCUT2D eigenvalue weighted by atomic mass is 9.54. The molecule has 5 aliphatic rings. The number of anilines is 2. The number of carboxylic acid groups (broad SMARTS) is 1. The summed E-state index contributed by atoms with van der Waals surface area (Å²) in [6.45, 7) is 5.11. The number of aromatic carboxylic acids is 1. The lowest BCUT2D eigenvalue weighted by Gasteiger charge is -2.63. The van der Waals surface area contributed by atoms with E-state index in [0.717, 1.165) is 44.1 Å². The van der Waals surface area contributed by atoms with Gasteiger partial charge in [0.1, 0.15) is 11.6 Å². The van der Waals surface area contributed by atoms with Gasteiger partial charge in [-0.25, -0.2) is 9.18 Å². The Morgan fingerprint density at radius 1 is 1.04 bits per heavy atom. The Bertz CT molecular complexity index is 1790. The zero-order valence-corrected chi connectivity index (χ0v) is 28.2. The standard InChI is InChI=1S/C36H36Cl2FN3O6/c1-19-31(46-2)12-36(19)16-41(17-36)23-8-27(37)32(28(38)9-23)34(43)40-13-20-4-3-5-24(33(20)48-18-40)25-11-30(26(35(44)45)10-29(25)39)42-21-6-7-22(42)15-47-14-21/h3-5,8-11,19,21-22,31H,6-7,12-18H2,1-2H3,(H,44,45)/t19-,21?,22?,31-/m1/s1. The van der Waals surface area contributed by atoms with E-state index in [1.165, 1.54) is 4.90 Å².